The van der Waals surface area contributed by atoms with Crippen molar-refractivity contribution in [2.75, 3.05) is 18.8 Å². The number of hydrogen-bond acceptors (Lipinski definition) is 10. The average molecular weight is 799 g/mol. The van der Waals surface area contributed by atoms with Gasteiger partial charge in [-0.15, -0.1) is 0 Å². The lowest BCUT2D eigenvalue weighted by molar-refractivity contribution is -0.141. The standard InChI is InChI=1S/C36H54N12O7S/c1-21(37)29(49)44-24(14-8-16-42-35(38)39)30(50)46-26(18-22-10-4-2-5-11-22)32(52)45-25(15-9-17-43-36(40)41)31(51)47-27(19-23-12-6-3-7-13-23)33(53)48-28(20-56)34(54)55/h2-7,10-13,21,24-28,56H,8-9,14-20,37H2,1H3,(H,44,49)(H,45,52)(H,46,50)(H,47,51)(H,48,53)(H,54,55)(H4,38,39,42)(H4,40,41,43)/t21-,24+,25+,26-,27+,28+/m1/s1. The average Bonchev–Trinajstić information content (AvgIpc) is 3.15. The van der Waals surface area contributed by atoms with E-state index in [0.29, 0.717) is 17.5 Å². The number of aliphatic imine (C=N–C) groups is 2. The summed E-state index contributed by atoms with van der Waals surface area (Å²) in [6, 6.07) is 10.3. The number of carbonyl (C=O) groups is 6. The van der Waals surface area contributed by atoms with Crippen LogP contribution in [-0.2, 0) is 41.6 Å². The van der Waals surface area contributed by atoms with Crippen LogP contribution in [0.5, 0.6) is 0 Å². The molecule has 6 atom stereocenters. The van der Waals surface area contributed by atoms with Crippen molar-refractivity contribution in [3.8, 4) is 0 Å². The Morgan fingerprint density at radius 2 is 0.929 bits per heavy atom. The molecule has 0 radical (unpaired) electrons. The van der Waals surface area contributed by atoms with E-state index in [1.807, 2.05) is 0 Å². The molecule has 0 unspecified atom stereocenters. The smallest absolute Gasteiger partial charge is 0.327 e. The minimum absolute atomic E-state index is 0.00765. The van der Waals surface area contributed by atoms with Crippen molar-refractivity contribution in [3.63, 3.8) is 0 Å². The number of nitrogens with two attached hydrogens (primary N) is 5. The lowest BCUT2D eigenvalue weighted by atomic mass is 10.0. The quantitative estimate of drug-likeness (QED) is 0.0225. The van der Waals surface area contributed by atoms with Gasteiger partial charge in [-0.3, -0.25) is 34.0 Å². The van der Waals surface area contributed by atoms with E-state index in [1.165, 1.54) is 6.92 Å². The van der Waals surface area contributed by atoms with Gasteiger partial charge in [0.2, 0.25) is 29.5 Å². The molecule has 0 aromatic heterocycles. The van der Waals surface area contributed by atoms with Gasteiger partial charge in [0, 0.05) is 31.7 Å². The van der Waals surface area contributed by atoms with Crippen LogP contribution in [0.1, 0.15) is 43.7 Å². The number of thiol groups is 1. The third-order valence-electron chi connectivity index (χ3n) is 8.20. The van der Waals surface area contributed by atoms with Crippen LogP contribution >= 0.6 is 12.6 Å². The highest BCUT2D eigenvalue weighted by molar-refractivity contribution is 7.80. The van der Waals surface area contributed by atoms with Gasteiger partial charge in [0.1, 0.15) is 30.2 Å². The minimum Gasteiger partial charge on any atom is -0.480 e. The van der Waals surface area contributed by atoms with Crippen molar-refractivity contribution in [2.24, 2.45) is 38.7 Å². The number of benzene rings is 2. The fraction of sp³-hybridized carbons (Fsp3) is 0.444. The van der Waals surface area contributed by atoms with Gasteiger partial charge in [-0.2, -0.15) is 12.6 Å². The molecular weight excluding hydrogens is 745 g/mol. The van der Waals surface area contributed by atoms with Crippen LogP contribution < -0.4 is 55.3 Å². The zero-order valence-corrected chi connectivity index (χ0v) is 32.1. The summed E-state index contributed by atoms with van der Waals surface area (Å²) in [5, 5.41) is 22.6. The largest absolute Gasteiger partial charge is 0.480 e. The van der Waals surface area contributed by atoms with Gasteiger partial charge < -0.3 is 60.4 Å². The Labute approximate surface area is 330 Å². The molecule has 0 saturated carbocycles. The molecule has 5 amide bonds. The van der Waals surface area contributed by atoms with Crippen molar-refractivity contribution in [1.29, 1.82) is 0 Å². The van der Waals surface area contributed by atoms with E-state index in [4.69, 9.17) is 28.7 Å². The molecule has 0 fully saturated rings. The molecule has 2 aromatic rings. The van der Waals surface area contributed by atoms with Crippen LogP contribution in [0.4, 0.5) is 0 Å². The van der Waals surface area contributed by atoms with Crippen molar-refractivity contribution < 1.29 is 33.9 Å². The third-order valence-corrected chi connectivity index (χ3v) is 8.56. The van der Waals surface area contributed by atoms with Crippen molar-refractivity contribution in [2.45, 2.75) is 81.7 Å². The van der Waals surface area contributed by atoms with Gasteiger partial charge in [-0.05, 0) is 43.7 Å². The maximum Gasteiger partial charge on any atom is 0.327 e. The van der Waals surface area contributed by atoms with Gasteiger partial charge in [0.25, 0.3) is 0 Å². The van der Waals surface area contributed by atoms with Crippen molar-refractivity contribution in [1.82, 2.24) is 26.6 Å². The molecule has 0 saturated heterocycles. The normalized spacial score (nSPS) is 13.9. The molecule has 20 heteroatoms. The Morgan fingerprint density at radius 1 is 0.589 bits per heavy atom. The van der Waals surface area contributed by atoms with E-state index in [-0.39, 0.29) is 62.9 Å². The Kier molecular flexibility index (Phi) is 20.2. The minimum atomic E-state index is -1.34. The summed E-state index contributed by atoms with van der Waals surface area (Å²) in [6.07, 6.45) is 0.563. The summed E-state index contributed by atoms with van der Waals surface area (Å²) in [4.78, 5) is 87.4. The molecule has 0 bridgehead atoms. The van der Waals surface area contributed by atoms with Gasteiger partial charge in [0.15, 0.2) is 11.9 Å². The highest BCUT2D eigenvalue weighted by Crippen LogP contribution is 2.10. The van der Waals surface area contributed by atoms with E-state index < -0.39 is 71.8 Å². The molecule has 0 heterocycles. The first kappa shape index (κ1) is 46.3. The van der Waals surface area contributed by atoms with Gasteiger partial charge in [-0.1, -0.05) is 60.7 Å². The van der Waals surface area contributed by atoms with Crippen LogP contribution in [0.25, 0.3) is 0 Å². The Balaban J connectivity index is 2.45. The van der Waals surface area contributed by atoms with E-state index in [1.54, 1.807) is 60.7 Å². The summed E-state index contributed by atoms with van der Waals surface area (Å²) >= 11 is 4.01. The lowest BCUT2D eigenvalue weighted by Crippen LogP contribution is -2.60. The predicted octanol–water partition coefficient (Wildman–Crippen LogP) is -2.64. The summed E-state index contributed by atoms with van der Waals surface area (Å²) in [5.41, 5.74) is 28.8. The molecule has 0 aliphatic heterocycles. The van der Waals surface area contributed by atoms with Gasteiger partial charge in [-0.25, -0.2) is 4.79 Å². The summed E-state index contributed by atoms with van der Waals surface area (Å²) < 4.78 is 0. The molecule has 56 heavy (non-hydrogen) atoms. The topological polar surface area (TPSA) is 338 Å². The second kappa shape index (κ2) is 24.5. The second-order valence-electron chi connectivity index (χ2n) is 12.9. The molecule has 2 aromatic carbocycles. The zero-order chi connectivity index (χ0) is 41.6. The highest BCUT2D eigenvalue weighted by atomic mass is 32.1. The molecule has 0 aliphatic rings. The number of hydrogen-bond donors (Lipinski definition) is 12. The van der Waals surface area contributed by atoms with Crippen LogP contribution in [0.2, 0.25) is 0 Å². The molecule has 2 rings (SSSR count). The predicted molar refractivity (Wildman–Crippen MR) is 215 cm³/mol. The SMILES string of the molecule is C[C@@H](N)C(=O)N[C@@H](CCCN=C(N)N)C(=O)N[C@H](Cc1ccccc1)C(=O)N[C@@H](CCCN=C(N)N)C(=O)N[C@@H](Cc1ccccc1)C(=O)N[C@@H](CS)C(=O)O. The number of nitrogens with one attached hydrogen (secondary N) is 5. The van der Waals surface area contributed by atoms with Gasteiger partial charge >= 0.3 is 5.97 Å². The number of carbonyl (C=O) groups excluding carboxylic acids is 5. The summed E-state index contributed by atoms with van der Waals surface area (Å²) in [7, 11) is 0. The number of carboxylic acids is 1. The maximum absolute atomic E-state index is 14.1. The molecule has 0 aliphatic carbocycles. The van der Waals surface area contributed by atoms with E-state index in [2.05, 4.69) is 49.2 Å². The van der Waals surface area contributed by atoms with Crippen LogP contribution in [0.15, 0.2) is 70.6 Å². The van der Waals surface area contributed by atoms with E-state index in [9.17, 15) is 33.9 Å². The molecule has 16 N–H and O–H groups in total. The first-order valence-electron chi connectivity index (χ1n) is 17.9. The number of aliphatic carboxylic acids is 1. The van der Waals surface area contributed by atoms with Crippen molar-refractivity contribution in [3.05, 3.63) is 71.8 Å². The number of carboxylic acid groups (broad SMARTS) is 1. The Hall–Kier alpha value is -5.89. The number of guanidine groups is 2. The Morgan fingerprint density at radius 3 is 1.27 bits per heavy atom. The van der Waals surface area contributed by atoms with Crippen LogP contribution in [0.3, 0.4) is 0 Å². The fourth-order valence-electron chi connectivity index (χ4n) is 5.24. The number of nitrogens with zero attached hydrogens (tertiary/aromatic N) is 2. The molecule has 19 nitrogen and oxygen atoms in total. The number of amides is 5. The highest BCUT2D eigenvalue weighted by Gasteiger charge is 2.32. The molecule has 0 spiro atoms. The van der Waals surface area contributed by atoms with Gasteiger partial charge in [0.05, 0.1) is 6.04 Å². The lowest BCUT2D eigenvalue weighted by Gasteiger charge is -2.27. The summed E-state index contributed by atoms with van der Waals surface area (Å²) in [6.45, 7) is 1.72. The third kappa shape index (κ3) is 17.5. The molecular formula is C36H54N12O7S. The first-order valence-corrected chi connectivity index (χ1v) is 18.5. The van der Waals surface area contributed by atoms with Crippen LogP contribution in [0, 0.1) is 0 Å². The Bertz CT molecular complexity index is 1660. The number of rotatable bonds is 24. The monoisotopic (exact) mass is 798 g/mol. The first-order chi connectivity index (χ1) is 26.6. The van der Waals surface area contributed by atoms with E-state index >= 15 is 0 Å². The summed E-state index contributed by atoms with van der Waals surface area (Å²) in [5.74, 6) is -5.48. The zero-order valence-electron chi connectivity index (χ0n) is 31.2. The van der Waals surface area contributed by atoms with E-state index in [0.717, 1.165) is 0 Å². The molecule has 306 valence electrons. The maximum atomic E-state index is 14.1. The van der Waals surface area contributed by atoms with Crippen molar-refractivity contribution >= 4 is 60.1 Å². The van der Waals surface area contributed by atoms with Crippen LogP contribution in [-0.4, -0.2) is 108 Å². The fourth-order valence-corrected chi connectivity index (χ4v) is 5.49. The second-order valence-corrected chi connectivity index (χ2v) is 13.3.